The third-order valence-corrected chi connectivity index (χ3v) is 4.76. The lowest BCUT2D eigenvalue weighted by atomic mass is 10.0. The maximum absolute atomic E-state index is 13.0. The van der Waals surface area contributed by atoms with Crippen LogP contribution in [0.3, 0.4) is 0 Å². The van der Waals surface area contributed by atoms with E-state index in [0.717, 1.165) is 24.8 Å². The van der Waals surface area contributed by atoms with Gasteiger partial charge in [-0.2, -0.15) is 0 Å². The summed E-state index contributed by atoms with van der Waals surface area (Å²) in [6.45, 7) is 5.07. The van der Waals surface area contributed by atoms with Gasteiger partial charge in [-0.1, -0.05) is 19.8 Å². The van der Waals surface area contributed by atoms with Crippen LogP contribution in [0.2, 0.25) is 0 Å². The highest BCUT2D eigenvalue weighted by Crippen LogP contribution is 2.35. The minimum atomic E-state index is -0.417. The van der Waals surface area contributed by atoms with Crippen LogP contribution in [0.25, 0.3) is 0 Å². The Labute approximate surface area is 184 Å². The first-order valence-electron chi connectivity index (χ1n) is 10.8. The molecular formula is C24H32N2O5. The number of benzene rings is 1. The summed E-state index contributed by atoms with van der Waals surface area (Å²) in [5.74, 6) is 0.229. The Morgan fingerprint density at radius 2 is 1.84 bits per heavy atom. The van der Waals surface area contributed by atoms with Crippen molar-refractivity contribution in [2.24, 2.45) is 0 Å². The second-order valence-electron chi connectivity index (χ2n) is 7.02. The fraction of sp³-hybridized carbons (Fsp3) is 0.458. The summed E-state index contributed by atoms with van der Waals surface area (Å²) in [6, 6.07) is 7.18. The molecule has 0 bridgehead atoms. The van der Waals surface area contributed by atoms with Gasteiger partial charge in [0.1, 0.15) is 0 Å². The summed E-state index contributed by atoms with van der Waals surface area (Å²) >= 11 is 0. The molecule has 1 aromatic carbocycles. The Morgan fingerprint density at radius 1 is 1.06 bits per heavy atom. The number of pyridine rings is 1. The van der Waals surface area contributed by atoms with Crippen molar-refractivity contribution in [3.05, 3.63) is 53.3 Å². The monoisotopic (exact) mass is 428 g/mol. The van der Waals surface area contributed by atoms with Gasteiger partial charge in [0, 0.05) is 30.1 Å². The summed E-state index contributed by atoms with van der Waals surface area (Å²) in [5, 5.41) is 2.93. The van der Waals surface area contributed by atoms with Gasteiger partial charge in [-0.3, -0.25) is 14.6 Å². The van der Waals surface area contributed by atoms with Crippen LogP contribution in [0.5, 0.6) is 11.5 Å². The highest BCUT2D eigenvalue weighted by atomic mass is 16.5. The fourth-order valence-electron chi connectivity index (χ4n) is 3.16. The number of unbranched alkanes of at least 4 members (excludes halogenated alkanes) is 2. The molecule has 1 heterocycles. The van der Waals surface area contributed by atoms with E-state index in [0.29, 0.717) is 42.2 Å². The van der Waals surface area contributed by atoms with Crippen LogP contribution in [-0.4, -0.2) is 43.7 Å². The van der Waals surface area contributed by atoms with Crippen molar-refractivity contribution in [1.82, 2.24) is 10.3 Å². The fourth-order valence-corrected chi connectivity index (χ4v) is 3.16. The number of nitrogens with zero attached hydrogens (tertiary/aromatic N) is 1. The van der Waals surface area contributed by atoms with E-state index in [2.05, 4.69) is 17.2 Å². The van der Waals surface area contributed by atoms with Gasteiger partial charge in [0.25, 0.3) is 5.91 Å². The van der Waals surface area contributed by atoms with Crippen molar-refractivity contribution in [3.8, 4) is 11.5 Å². The summed E-state index contributed by atoms with van der Waals surface area (Å²) in [6.07, 6.45) is 7.03. The van der Waals surface area contributed by atoms with Crippen LogP contribution in [-0.2, 0) is 22.4 Å². The minimum absolute atomic E-state index is 0.0682. The molecule has 2 aromatic rings. The molecule has 0 saturated heterocycles. The molecule has 0 atom stereocenters. The van der Waals surface area contributed by atoms with Crippen LogP contribution in [0, 0.1) is 0 Å². The number of carbonyl (C=O) groups is 2. The summed E-state index contributed by atoms with van der Waals surface area (Å²) < 4.78 is 16.5. The third-order valence-electron chi connectivity index (χ3n) is 4.76. The molecule has 0 saturated carbocycles. The Bertz CT molecular complexity index is 839. The molecule has 168 valence electrons. The summed E-state index contributed by atoms with van der Waals surface area (Å²) in [7, 11) is 1.54. The zero-order valence-corrected chi connectivity index (χ0v) is 18.6. The van der Waals surface area contributed by atoms with Crippen molar-refractivity contribution in [2.45, 2.75) is 46.0 Å². The van der Waals surface area contributed by atoms with Gasteiger partial charge in [0.2, 0.25) is 0 Å². The predicted octanol–water partition coefficient (Wildman–Crippen LogP) is 3.74. The van der Waals surface area contributed by atoms with E-state index in [1.807, 2.05) is 12.1 Å². The molecule has 0 fully saturated rings. The van der Waals surface area contributed by atoms with Gasteiger partial charge >= 0.3 is 5.97 Å². The first-order valence-corrected chi connectivity index (χ1v) is 10.8. The van der Waals surface area contributed by atoms with Gasteiger partial charge in [0.05, 0.1) is 26.7 Å². The molecule has 7 heteroatoms. The van der Waals surface area contributed by atoms with Crippen molar-refractivity contribution >= 4 is 11.9 Å². The lowest BCUT2D eigenvalue weighted by Gasteiger charge is -2.18. The van der Waals surface area contributed by atoms with E-state index < -0.39 is 5.97 Å². The number of esters is 1. The summed E-state index contributed by atoms with van der Waals surface area (Å²) in [4.78, 5) is 29.2. The molecule has 1 amide bonds. The molecular weight excluding hydrogens is 396 g/mol. The third kappa shape index (κ3) is 7.59. The minimum Gasteiger partial charge on any atom is -0.493 e. The lowest BCUT2D eigenvalue weighted by Crippen LogP contribution is -2.27. The van der Waals surface area contributed by atoms with E-state index in [1.54, 1.807) is 31.5 Å². The molecule has 0 aliphatic heterocycles. The standard InChI is InChI=1S/C24H32N2O5/c1-4-6-7-16-31-23-20(17-22(27)30-5-2)19(8-9-21(23)29-3)24(28)26-15-12-18-10-13-25-14-11-18/h8-11,13-14H,4-7,12,15-17H2,1-3H3,(H,26,28). The molecule has 0 aliphatic rings. The normalized spacial score (nSPS) is 10.4. The molecule has 0 spiro atoms. The predicted molar refractivity (Wildman–Crippen MR) is 119 cm³/mol. The van der Waals surface area contributed by atoms with Crippen molar-refractivity contribution in [2.75, 3.05) is 26.9 Å². The van der Waals surface area contributed by atoms with Gasteiger partial charge in [-0.25, -0.2) is 0 Å². The molecule has 2 rings (SSSR count). The Balaban J connectivity index is 2.23. The number of carbonyl (C=O) groups excluding carboxylic acids is 2. The zero-order valence-electron chi connectivity index (χ0n) is 18.6. The molecule has 0 aliphatic carbocycles. The molecule has 0 unspecified atom stereocenters. The largest absolute Gasteiger partial charge is 0.493 e. The number of hydrogen-bond donors (Lipinski definition) is 1. The van der Waals surface area contributed by atoms with Gasteiger partial charge in [0.15, 0.2) is 11.5 Å². The van der Waals surface area contributed by atoms with E-state index >= 15 is 0 Å². The number of nitrogens with one attached hydrogen (secondary N) is 1. The molecule has 7 nitrogen and oxygen atoms in total. The van der Waals surface area contributed by atoms with Crippen LogP contribution in [0.1, 0.15) is 54.6 Å². The summed E-state index contributed by atoms with van der Waals surface area (Å²) in [5.41, 5.74) is 1.95. The van der Waals surface area contributed by atoms with Crippen molar-refractivity contribution < 1.29 is 23.8 Å². The van der Waals surface area contributed by atoms with Crippen LogP contribution >= 0.6 is 0 Å². The number of rotatable bonds is 13. The van der Waals surface area contributed by atoms with Gasteiger partial charge < -0.3 is 19.5 Å². The average Bonchev–Trinajstić information content (AvgIpc) is 2.78. The molecule has 31 heavy (non-hydrogen) atoms. The number of hydrogen-bond acceptors (Lipinski definition) is 6. The Hall–Kier alpha value is -3.09. The maximum atomic E-state index is 13.0. The quantitative estimate of drug-likeness (QED) is 0.386. The Kier molecular flexibility index (Phi) is 10.3. The topological polar surface area (TPSA) is 86.8 Å². The molecule has 0 radical (unpaired) electrons. The molecule has 1 N–H and O–H groups in total. The Morgan fingerprint density at radius 3 is 2.52 bits per heavy atom. The number of aromatic nitrogens is 1. The smallest absolute Gasteiger partial charge is 0.310 e. The van der Waals surface area contributed by atoms with E-state index in [4.69, 9.17) is 14.2 Å². The maximum Gasteiger partial charge on any atom is 0.310 e. The highest BCUT2D eigenvalue weighted by Gasteiger charge is 2.23. The SMILES string of the molecule is CCCCCOc1c(OC)ccc(C(=O)NCCc2ccncc2)c1CC(=O)OCC. The first-order chi connectivity index (χ1) is 15.1. The van der Waals surface area contributed by atoms with E-state index in [1.165, 1.54) is 7.11 Å². The van der Waals surface area contributed by atoms with Gasteiger partial charge in [-0.15, -0.1) is 0 Å². The van der Waals surface area contributed by atoms with Crippen molar-refractivity contribution in [3.63, 3.8) is 0 Å². The number of methoxy groups -OCH3 is 1. The lowest BCUT2D eigenvalue weighted by molar-refractivity contribution is -0.142. The molecule has 1 aromatic heterocycles. The second kappa shape index (κ2) is 13.3. The number of amides is 1. The van der Waals surface area contributed by atoms with E-state index in [9.17, 15) is 9.59 Å². The van der Waals surface area contributed by atoms with Crippen LogP contribution < -0.4 is 14.8 Å². The second-order valence-corrected chi connectivity index (χ2v) is 7.02. The van der Waals surface area contributed by atoms with Crippen molar-refractivity contribution in [1.29, 1.82) is 0 Å². The van der Waals surface area contributed by atoms with E-state index in [-0.39, 0.29) is 18.9 Å². The van der Waals surface area contributed by atoms with Crippen LogP contribution in [0.15, 0.2) is 36.7 Å². The zero-order chi connectivity index (χ0) is 22.5. The highest BCUT2D eigenvalue weighted by molar-refractivity contribution is 5.98. The van der Waals surface area contributed by atoms with Crippen LogP contribution in [0.4, 0.5) is 0 Å². The number of ether oxygens (including phenoxy) is 3. The average molecular weight is 429 g/mol. The van der Waals surface area contributed by atoms with Gasteiger partial charge in [-0.05, 0) is 49.6 Å². The first kappa shape index (κ1) is 24.2.